The molecule has 0 unspecified atom stereocenters. The molecule has 3 rings (SSSR count). The number of benzene rings is 2. The highest BCUT2D eigenvalue weighted by Gasteiger charge is 2.36. The van der Waals surface area contributed by atoms with E-state index < -0.39 is 23.4 Å². The number of carboxylic acids is 1. The zero-order chi connectivity index (χ0) is 25.6. The minimum absolute atomic E-state index is 0.115. The molecule has 1 fully saturated rings. The van der Waals surface area contributed by atoms with Gasteiger partial charge in [-0.25, -0.2) is 4.79 Å². The Balaban J connectivity index is 1.93. The smallest absolute Gasteiger partial charge is 0.323 e. The molecule has 0 bridgehead atoms. The van der Waals surface area contributed by atoms with E-state index in [0.29, 0.717) is 35.1 Å². The van der Waals surface area contributed by atoms with Crippen molar-refractivity contribution in [1.29, 1.82) is 0 Å². The Morgan fingerprint density at radius 3 is 2.29 bits per heavy atom. The Hall–Kier alpha value is -3.46. The maximum atomic E-state index is 13.4. The van der Waals surface area contributed by atoms with Crippen LogP contribution in [-0.4, -0.2) is 42.8 Å². The molecule has 0 aliphatic heterocycles. The third kappa shape index (κ3) is 6.36. The van der Waals surface area contributed by atoms with Crippen LogP contribution in [0.1, 0.15) is 54.4 Å². The van der Waals surface area contributed by atoms with Gasteiger partial charge in [0.25, 0.3) is 5.91 Å². The number of aryl methyl sites for hydroxylation is 1. The normalized spacial score (nSPS) is 14.5. The van der Waals surface area contributed by atoms with Crippen LogP contribution in [0.25, 0.3) is 0 Å². The summed E-state index contributed by atoms with van der Waals surface area (Å²) in [5, 5.41) is 18.2. The van der Waals surface area contributed by atoms with Crippen LogP contribution in [-0.2, 0) is 4.79 Å². The Morgan fingerprint density at radius 2 is 1.69 bits per heavy atom. The summed E-state index contributed by atoms with van der Waals surface area (Å²) in [6.07, 6.45) is 3.58. The first-order valence-electron chi connectivity index (χ1n) is 11.3. The molecule has 0 heterocycles. The molecule has 1 saturated carbocycles. The number of anilines is 2. The van der Waals surface area contributed by atoms with Crippen LogP contribution >= 0.6 is 11.6 Å². The summed E-state index contributed by atoms with van der Waals surface area (Å²) in [5.41, 5.74) is 0.641. The van der Waals surface area contributed by atoms with Gasteiger partial charge >= 0.3 is 12.0 Å². The highest BCUT2D eigenvalue weighted by Crippen LogP contribution is 2.36. The second-order valence-electron chi connectivity index (χ2n) is 8.63. The fourth-order valence-corrected chi connectivity index (χ4v) is 4.67. The van der Waals surface area contributed by atoms with Crippen LogP contribution in [0, 0.1) is 6.92 Å². The van der Waals surface area contributed by atoms with Crippen molar-refractivity contribution in [3.05, 3.63) is 46.5 Å². The van der Waals surface area contributed by atoms with Gasteiger partial charge in [0.05, 0.1) is 48.1 Å². The van der Waals surface area contributed by atoms with Gasteiger partial charge in [0.15, 0.2) is 11.5 Å². The zero-order valence-corrected chi connectivity index (χ0v) is 20.8. The third-order valence-corrected chi connectivity index (χ3v) is 6.47. The summed E-state index contributed by atoms with van der Waals surface area (Å²) in [4.78, 5) is 37.8. The molecule has 0 saturated heterocycles. The Kier molecular flexibility index (Phi) is 8.45. The lowest BCUT2D eigenvalue weighted by molar-refractivity contribution is -0.139. The van der Waals surface area contributed by atoms with E-state index in [-0.39, 0.29) is 17.7 Å². The number of carbonyl (C=O) groups is 3. The number of carbonyl (C=O) groups excluding carboxylic acids is 2. The highest BCUT2D eigenvalue weighted by atomic mass is 35.5. The summed E-state index contributed by atoms with van der Waals surface area (Å²) in [5.74, 6) is -0.890. The van der Waals surface area contributed by atoms with Crippen LogP contribution in [0.15, 0.2) is 30.3 Å². The molecular weight excluding hydrogens is 474 g/mol. The van der Waals surface area contributed by atoms with Crippen LogP contribution in [0.5, 0.6) is 11.5 Å². The van der Waals surface area contributed by atoms with E-state index >= 15 is 0 Å². The molecule has 35 heavy (non-hydrogen) atoms. The van der Waals surface area contributed by atoms with Crippen LogP contribution in [0.3, 0.4) is 0 Å². The van der Waals surface area contributed by atoms with Crippen LogP contribution in [0.2, 0.25) is 5.02 Å². The maximum absolute atomic E-state index is 13.4. The summed E-state index contributed by atoms with van der Waals surface area (Å²) < 4.78 is 10.7. The predicted molar refractivity (Wildman–Crippen MR) is 134 cm³/mol. The molecule has 4 N–H and O–H groups in total. The molecule has 9 nitrogen and oxygen atoms in total. The number of hydrogen-bond donors (Lipinski definition) is 4. The summed E-state index contributed by atoms with van der Waals surface area (Å²) in [6, 6.07) is 7.57. The predicted octanol–water partition coefficient (Wildman–Crippen LogP) is 5.22. The standard InChI is InChI=1S/C25H30ClN3O6/c1-15-8-7-9-17(26)22(15)28-24(33)27-18-13-20(35-3)19(34-2)12-16(18)23(32)29-25(14-21(30)31)10-5-4-6-11-25/h7-9,12-13H,4-6,10-11,14H2,1-3H3,(H,29,32)(H,30,31)(H2,27,28,33). The number of para-hydroxylation sites is 1. The van der Waals surface area contributed by atoms with Crippen molar-refractivity contribution in [1.82, 2.24) is 5.32 Å². The first-order chi connectivity index (χ1) is 16.7. The lowest BCUT2D eigenvalue weighted by atomic mass is 9.79. The maximum Gasteiger partial charge on any atom is 0.323 e. The fourth-order valence-electron chi connectivity index (χ4n) is 4.40. The van der Waals surface area contributed by atoms with Crippen molar-refractivity contribution >= 4 is 40.9 Å². The Morgan fingerprint density at radius 1 is 1.03 bits per heavy atom. The molecule has 0 radical (unpaired) electrons. The van der Waals surface area contributed by atoms with E-state index in [1.807, 2.05) is 13.0 Å². The van der Waals surface area contributed by atoms with Gasteiger partial charge in [0.1, 0.15) is 0 Å². The number of aliphatic carboxylic acids is 1. The molecule has 3 amide bonds. The molecule has 10 heteroatoms. The first kappa shape index (κ1) is 26.2. The number of ether oxygens (including phenoxy) is 2. The summed E-state index contributed by atoms with van der Waals surface area (Å²) in [6.45, 7) is 1.81. The third-order valence-electron chi connectivity index (χ3n) is 6.16. The molecule has 2 aromatic rings. The fraction of sp³-hybridized carbons (Fsp3) is 0.400. The van der Waals surface area contributed by atoms with Crippen molar-refractivity contribution in [3.63, 3.8) is 0 Å². The van der Waals surface area contributed by atoms with Gasteiger partial charge in [0.2, 0.25) is 0 Å². The molecule has 1 aliphatic rings. The minimum atomic E-state index is -0.979. The van der Waals surface area contributed by atoms with E-state index in [1.54, 1.807) is 12.1 Å². The second kappa shape index (κ2) is 11.3. The summed E-state index contributed by atoms with van der Waals surface area (Å²) >= 11 is 6.22. The van der Waals surface area contributed by atoms with Crippen molar-refractivity contribution in [2.24, 2.45) is 0 Å². The van der Waals surface area contributed by atoms with Gasteiger partial charge in [-0.3, -0.25) is 9.59 Å². The van der Waals surface area contributed by atoms with Gasteiger partial charge in [-0.2, -0.15) is 0 Å². The second-order valence-corrected chi connectivity index (χ2v) is 9.04. The van der Waals surface area contributed by atoms with E-state index in [9.17, 15) is 19.5 Å². The van der Waals surface area contributed by atoms with E-state index in [1.165, 1.54) is 26.4 Å². The van der Waals surface area contributed by atoms with Gasteiger partial charge < -0.3 is 30.5 Å². The Bertz CT molecular complexity index is 1090. The van der Waals surface area contributed by atoms with Gasteiger partial charge in [-0.1, -0.05) is 43.0 Å². The number of amides is 3. The number of halogens is 1. The lowest BCUT2D eigenvalue weighted by Crippen LogP contribution is -2.51. The quantitative estimate of drug-likeness (QED) is 0.391. The average molecular weight is 504 g/mol. The van der Waals surface area contributed by atoms with E-state index in [2.05, 4.69) is 16.0 Å². The van der Waals surface area contributed by atoms with Crippen molar-refractivity contribution < 1.29 is 29.0 Å². The van der Waals surface area contributed by atoms with E-state index in [0.717, 1.165) is 24.8 Å². The monoisotopic (exact) mass is 503 g/mol. The van der Waals surface area contributed by atoms with Gasteiger partial charge in [-0.15, -0.1) is 0 Å². The average Bonchev–Trinajstić information content (AvgIpc) is 2.81. The topological polar surface area (TPSA) is 126 Å². The van der Waals surface area contributed by atoms with Crippen molar-refractivity contribution in [2.75, 3.05) is 24.9 Å². The number of methoxy groups -OCH3 is 2. The SMILES string of the molecule is COc1cc(NC(=O)Nc2c(C)cccc2Cl)c(C(=O)NC2(CC(=O)O)CCCCC2)cc1OC. The molecule has 0 atom stereocenters. The van der Waals surface area contributed by atoms with Gasteiger partial charge in [0, 0.05) is 6.07 Å². The lowest BCUT2D eigenvalue weighted by Gasteiger charge is -2.37. The largest absolute Gasteiger partial charge is 0.493 e. The molecule has 0 spiro atoms. The zero-order valence-electron chi connectivity index (χ0n) is 20.0. The van der Waals surface area contributed by atoms with Crippen molar-refractivity contribution in [3.8, 4) is 11.5 Å². The number of carboxylic acid groups (broad SMARTS) is 1. The number of nitrogens with one attached hydrogen (secondary N) is 3. The minimum Gasteiger partial charge on any atom is -0.493 e. The molecule has 1 aliphatic carbocycles. The Labute approximate surface area is 209 Å². The number of hydrogen-bond acceptors (Lipinski definition) is 5. The van der Waals surface area contributed by atoms with E-state index in [4.69, 9.17) is 21.1 Å². The van der Waals surface area contributed by atoms with Crippen LogP contribution in [0.4, 0.5) is 16.2 Å². The molecule has 2 aromatic carbocycles. The van der Waals surface area contributed by atoms with Crippen LogP contribution < -0.4 is 25.4 Å². The number of urea groups is 1. The van der Waals surface area contributed by atoms with Crippen molar-refractivity contribution in [2.45, 2.75) is 51.0 Å². The first-order valence-corrected chi connectivity index (χ1v) is 11.7. The van der Waals surface area contributed by atoms with Gasteiger partial charge in [-0.05, 0) is 37.5 Å². The number of rotatable bonds is 8. The highest BCUT2D eigenvalue weighted by molar-refractivity contribution is 6.34. The molecule has 188 valence electrons. The molecular formula is C25H30ClN3O6. The molecule has 0 aromatic heterocycles. The summed E-state index contributed by atoms with van der Waals surface area (Å²) in [7, 11) is 2.88.